The van der Waals surface area contributed by atoms with Gasteiger partial charge in [-0.2, -0.15) is 0 Å². The van der Waals surface area contributed by atoms with E-state index in [2.05, 4.69) is 20.6 Å². The predicted molar refractivity (Wildman–Crippen MR) is 99.5 cm³/mol. The number of halogens is 1. The Labute approximate surface area is 146 Å². The molecule has 0 saturated carbocycles. The van der Waals surface area contributed by atoms with Gasteiger partial charge in [-0.15, -0.1) is 11.3 Å². The van der Waals surface area contributed by atoms with E-state index in [1.54, 1.807) is 24.5 Å². The van der Waals surface area contributed by atoms with E-state index in [-0.39, 0.29) is 5.82 Å². The first-order chi connectivity index (χ1) is 11.5. The van der Waals surface area contributed by atoms with Crippen molar-refractivity contribution in [2.45, 2.75) is 19.9 Å². The predicted octanol–water partition coefficient (Wildman–Crippen LogP) is 2.56. The van der Waals surface area contributed by atoms with Crippen molar-refractivity contribution < 1.29 is 4.39 Å². The molecule has 0 atom stereocenters. The third-order valence-corrected chi connectivity index (χ3v) is 4.63. The van der Waals surface area contributed by atoms with E-state index in [9.17, 15) is 4.39 Å². The molecule has 0 unspecified atom stereocenters. The zero-order chi connectivity index (χ0) is 17.5. The first-order valence-corrected chi connectivity index (χ1v) is 8.69. The average Bonchev–Trinajstić information content (AvgIpc) is 3.01. The van der Waals surface area contributed by atoms with Gasteiger partial charge >= 0.3 is 0 Å². The van der Waals surface area contributed by atoms with Crippen LogP contribution < -0.4 is 15.5 Å². The highest BCUT2D eigenvalue weighted by Gasteiger charge is 2.05. The Bertz CT molecular complexity index is 696. The number of aliphatic imine (C=N–C) groups is 1. The van der Waals surface area contributed by atoms with Gasteiger partial charge in [-0.05, 0) is 36.6 Å². The molecule has 0 aliphatic rings. The van der Waals surface area contributed by atoms with E-state index in [1.165, 1.54) is 6.07 Å². The number of thiazole rings is 1. The van der Waals surface area contributed by atoms with Crippen molar-refractivity contribution in [1.82, 2.24) is 15.6 Å². The van der Waals surface area contributed by atoms with Crippen LogP contribution in [0.25, 0.3) is 0 Å². The minimum atomic E-state index is -0.193. The van der Waals surface area contributed by atoms with E-state index in [4.69, 9.17) is 0 Å². The molecule has 24 heavy (non-hydrogen) atoms. The average molecular weight is 349 g/mol. The smallest absolute Gasteiger partial charge is 0.191 e. The summed E-state index contributed by atoms with van der Waals surface area (Å²) in [6.45, 7) is 3.28. The Hall–Kier alpha value is -2.15. The number of hydrogen-bond donors (Lipinski definition) is 2. The van der Waals surface area contributed by atoms with E-state index >= 15 is 0 Å². The van der Waals surface area contributed by atoms with Crippen LogP contribution in [-0.4, -0.2) is 38.6 Å². The second-order valence-corrected chi connectivity index (χ2v) is 6.53. The molecule has 0 bridgehead atoms. The molecule has 0 radical (unpaired) electrons. The molecule has 0 aliphatic carbocycles. The minimum Gasteiger partial charge on any atom is -0.356 e. The third kappa shape index (κ3) is 5.19. The van der Waals surface area contributed by atoms with Gasteiger partial charge in [0.05, 0.1) is 12.2 Å². The van der Waals surface area contributed by atoms with Crippen molar-refractivity contribution in [2.24, 2.45) is 4.99 Å². The Kier molecular flexibility index (Phi) is 6.54. The normalized spacial score (nSPS) is 11.5. The molecule has 5 nitrogen and oxygen atoms in total. The summed E-state index contributed by atoms with van der Waals surface area (Å²) in [6.07, 6.45) is 0.814. The van der Waals surface area contributed by atoms with Gasteiger partial charge in [-0.3, -0.25) is 4.99 Å². The molecule has 1 heterocycles. The van der Waals surface area contributed by atoms with Crippen LogP contribution in [-0.2, 0) is 13.0 Å². The van der Waals surface area contributed by atoms with Crippen LogP contribution in [0.3, 0.4) is 0 Å². The minimum absolute atomic E-state index is 0.193. The third-order valence-electron chi connectivity index (χ3n) is 3.57. The van der Waals surface area contributed by atoms with Crippen LogP contribution in [0.15, 0.2) is 28.6 Å². The molecular formula is C17H24FN5S. The van der Waals surface area contributed by atoms with Crippen LogP contribution in [0.1, 0.15) is 16.8 Å². The number of nitrogens with zero attached hydrogens (tertiary/aromatic N) is 3. The van der Waals surface area contributed by atoms with Crippen molar-refractivity contribution >= 4 is 22.4 Å². The lowest BCUT2D eigenvalue weighted by Crippen LogP contribution is -2.38. The molecule has 130 valence electrons. The molecule has 2 N–H and O–H groups in total. The lowest BCUT2D eigenvalue weighted by molar-refractivity contribution is 0.625. The number of guanidine groups is 1. The zero-order valence-electron chi connectivity index (χ0n) is 14.6. The summed E-state index contributed by atoms with van der Waals surface area (Å²) in [5, 5.41) is 9.55. The first kappa shape index (κ1) is 18.2. The zero-order valence-corrected chi connectivity index (χ0v) is 15.4. The van der Waals surface area contributed by atoms with Gasteiger partial charge in [0.15, 0.2) is 11.1 Å². The highest BCUT2D eigenvalue weighted by Crippen LogP contribution is 2.17. The van der Waals surface area contributed by atoms with E-state index in [0.717, 1.165) is 40.9 Å². The lowest BCUT2D eigenvalue weighted by Gasteiger charge is -2.12. The number of anilines is 1. The monoisotopic (exact) mass is 349 g/mol. The molecular weight excluding hydrogens is 325 g/mol. The molecule has 7 heteroatoms. The molecule has 0 aliphatic heterocycles. The summed E-state index contributed by atoms with van der Waals surface area (Å²) < 4.78 is 13.1. The van der Waals surface area contributed by atoms with Crippen molar-refractivity contribution in [1.29, 1.82) is 0 Å². The highest BCUT2D eigenvalue weighted by molar-refractivity contribution is 7.13. The largest absolute Gasteiger partial charge is 0.356 e. The summed E-state index contributed by atoms with van der Waals surface area (Å²) in [7, 11) is 5.70. The second-order valence-electron chi connectivity index (χ2n) is 5.69. The maximum absolute atomic E-state index is 13.1. The Morgan fingerprint density at radius 3 is 2.75 bits per heavy atom. The topological polar surface area (TPSA) is 52.6 Å². The number of hydrogen-bond acceptors (Lipinski definition) is 4. The second kappa shape index (κ2) is 8.63. The number of nitrogens with one attached hydrogen (secondary N) is 2. The summed E-state index contributed by atoms with van der Waals surface area (Å²) in [5.41, 5.74) is 3.09. The Morgan fingerprint density at radius 2 is 2.12 bits per heavy atom. The summed E-state index contributed by atoms with van der Waals surface area (Å²) in [5.74, 6) is 0.538. The van der Waals surface area contributed by atoms with E-state index in [0.29, 0.717) is 6.54 Å². The fraction of sp³-hybridized carbons (Fsp3) is 0.412. The van der Waals surface area contributed by atoms with Gasteiger partial charge in [-0.25, -0.2) is 9.37 Å². The van der Waals surface area contributed by atoms with Crippen LogP contribution in [0.4, 0.5) is 9.52 Å². The summed E-state index contributed by atoms with van der Waals surface area (Å²) in [6, 6.07) is 4.90. The van der Waals surface area contributed by atoms with Gasteiger partial charge in [0.2, 0.25) is 0 Å². The molecule has 1 aromatic carbocycles. The molecule has 0 fully saturated rings. The standard InChI is InChI=1S/C17H24FN5S/c1-12-9-14(18)6-5-13(12)7-8-20-16(19-2)21-10-15-11-24-17(22-15)23(3)4/h5-6,9,11H,7-8,10H2,1-4H3,(H2,19,20,21). The fourth-order valence-corrected chi connectivity index (χ4v) is 2.99. The van der Waals surface area contributed by atoms with E-state index < -0.39 is 0 Å². The highest BCUT2D eigenvalue weighted by atomic mass is 32.1. The van der Waals surface area contributed by atoms with Gasteiger partial charge in [-0.1, -0.05) is 6.07 Å². The molecule has 0 amide bonds. The van der Waals surface area contributed by atoms with E-state index in [1.807, 2.05) is 37.4 Å². The van der Waals surface area contributed by atoms with Gasteiger partial charge in [0, 0.05) is 33.1 Å². The van der Waals surface area contributed by atoms with Crippen LogP contribution in [0, 0.1) is 12.7 Å². The van der Waals surface area contributed by atoms with Crippen molar-refractivity contribution in [3.63, 3.8) is 0 Å². The lowest BCUT2D eigenvalue weighted by atomic mass is 10.1. The first-order valence-electron chi connectivity index (χ1n) is 7.81. The van der Waals surface area contributed by atoms with Crippen LogP contribution in [0.2, 0.25) is 0 Å². The summed E-state index contributed by atoms with van der Waals surface area (Å²) >= 11 is 1.62. The maximum atomic E-state index is 13.1. The molecule has 2 aromatic rings. The SMILES string of the molecule is CN=C(NCCc1ccc(F)cc1C)NCc1csc(N(C)C)n1. The quantitative estimate of drug-likeness (QED) is 0.622. The van der Waals surface area contributed by atoms with Crippen molar-refractivity contribution in [3.8, 4) is 0 Å². The van der Waals surface area contributed by atoms with Gasteiger partial charge in [0.1, 0.15) is 5.82 Å². The van der Waals surface area contributed by atoms with Crippen molar-refractivity contribution in [2.75, 3.05) is 32.6 Å². The van der Waals surface area contributed by atoms with Crippen LogP contribution in [0.5, 0.6) is 0 Å². The van der Waals surface area contributed by atoms with Crippen molar-refractivity contribution in [3.05, 3.63) is 46.2 Å². The fourth-order valence-electron chi connectivity index (χ4n) is 2.23. The van der Waals surface area contributed by atoms with Gasteiger partial charge in [0.25, 0.3) is 0 Å². The molecule has 0 saturated heterocycles. The maximum Gasteiger partial charge on any atom is 0.191 e. The molecule has 0 spiro atoms. The Morgan fingerprint density at radius 1 is 1.33 bits per heavy atom. The van der Waals surface area contributed by atoms with Gasteiger partial charge < -0.3 is 15.5 Å². The Balaban J connectivity index is 1.79. The number of aryl methyl sites for hydroxylation is 1. The number of rotatable bonds is 6. The molecule has 1 aromatic heterocycles. The summed E-state index contributed by atoms with van der Waals surface area (Å²) in [4.78, 5) is 10.7. The van der Waals surface area contributed by atoms with Crippen LogP contribution >= 0.6 is 11.3 Å². The number of benzene rings is 1. The number of aromatic nitrogens is 1. The molecule has 2 rings (SSSR count).